The lowest BCUT2D eigenvalue weighted by molar-refractivity contribution is -0.383. The molecule has 1 aliphatic heterocycles. The second kappa shape index (κ2) is 10.1. The minimum atomic E-state index is -1.94. The van der Waals surface area contributed by atoms with E-state index in [1.807, 2.05) is 0 Å². The molecule has 1 saturated heterocycles. The van der Waals surface area contributed by atoms with Crippen molar-refractivity contribution in [2.24, 2.45) is 0 Å². The summed E-state index contributed by atoms with van der Waals surface area (Å²) in [6.07, 6.45) is -3.63. The zero-order chi connectivity index (χ0) is 25.9. The standard InChI is InChI=1S/C25H19FN4O7/c26-19-21(37-25(32)16-9-5-2-6-10-16)18(13-35-24(31)15-7-3-1-4-8-15)36-23(19)29-14-28-20-17(30(33)34)11-12-27-22(20)29/h1-12,14,18-19,21,23H,13H2/t18-,19+,21-,23-/m1/s1. The lowest BCUT2D eigenvalue weighted by atomic mass is 10.1. The molecule has 2 aromatic heterocycles. The van der Waals surface area contributed by atoms with Crippen LogP contribution in [-0.2, 0) is 14.2 Å². The molecular formula is C25H19FN4O7. The molecule has 0 unspecified atom stereocenters. The number of aromatic nitrogens is 3. The van der Waals surface area contributed by atoms with Gasteiger partial charge in [-0.25, -0.2) is 23.9 Å². The van der Waals surface area contributed by atoms with E-state index in [-0.39, 0.29) is 28.0 Å². The molecule has 4 atom stereocenters. The predicted molar refractivity (Wildman–Crippen MR) is 125 cm³/mol. The predicted octanol–water partition coefficient (Wildman–Crippen LogP) is 3.66. The van der Waals surface area contributed by atoms with Crippen molar-refractivity contribution in [2.45, 2.75) is 24.6 Å². The van der Waals surface area contributed by atoms with Crippen molar-refractivity contribution in [3.63, 3.8) is 0 Å². The molecule has 37 heavy (non-hydrogen) atoms. The summed E-state index contributed by atoms with van der Waals surface area (Å²) in [6, 6.07) is 17.4. The number of carbonyl (C=O) groups is 2. The van der Waals surface area contributed by atoms with Crippen LogP contribution in [0.4, 0.5) is 10.1 Å². The normalized spacial score (nSPS) is 21.0. The number of nitrogens with zero attached hydrogens (tertiary/aromatic N) is 4. The first kappa shape index (κ1) is 24.0. The number of alkyl halides is 1. The number of hydrogen-bond donors (Lipinski definition) is 0. The third-order valence-electron chi connectivity index (χ3n) is 5.82. The monoisotopic (exact) mass is 506 g/mol. The molecule has 2 aromatic carbocycles. The van der Waals surface area contributed by atoms with Crippen molar-refractivity contribution in [1.29, 1.82) is 0 Å². The van der Waals surface area contributed by atoms with Crippen LogP contribution >= 0.6 is 0 Å². The van der Waals surface area contributed by atoms with Crippen LogP contribution in [0.3, 0.4) is 0 Å². The molecule has 0 radical (unpaired) electrons. The summed E-state index contributed by atoms with van der Waals surface area (Å²) in [7, 11) is 0. The molecule has 4 aromatic rings. The van der Waals surface area contributed by atoms with Crippen LogP contribution in [-0.4, -0.2) is 56.4 Å². The van der Waals surface area contributed by atoms with Crippen molar-refractivity contribution in [1.82, 2.24) is 14.5 Å². The van der Waals surface area contributed by atoms with Crippen LogP contribution in [0, 0.1) is 10.1 Å². The summed E-state index contributed by atoms with van der Waals surface area (Å²) in [6.45, 7) is -0.419. The highest BCUT2D eigenvalue weighted by Crippen LogP contribution is 2.37. The van der Waals surface area contributed by atoms with Gasteiger partial charge in [0, 0.05) is 12.3 Å². The summed E-state index contributed by atoms with van der Waals surface area (Å²) in [4.78, 5) is 44.0. The van der Waals surface area contributed by atoms with Crippen molar-refractivity contribution in [2.75, 3.05) is 6.61 Å². The fraction of sp³-hybridized carbons (Fsp3) is 0.200. The third kappa shape index (κ3) is 4.74. The lowest BCUT2D eigenvalue weighted by Gasteiger charge is -2.19. The third-order valence-corrected chi connectivity index (χ3v) is 5.82. The zero-order valence-electron chi connectivity index (χ0n) is 19.0. The van der Waals surface area contributed by atoms with Crippen LogP contribution in [0.15, 0.2) is 79.3 Å². The van der Waals surface area contributed by atoms with Crippen molar-refractivity contribution in [3.8, 4) is 0 Å². The van der Waals surface area contributed by atoms with Crippen molar-refractivity contribution in [3.05, 3.63) is 100 Å². The van der Waals surface area contributed by atoms with Crippen LogP contribution in [0.2, 0.25) is 0 Å². The molecule has 11 nitrogen and oxygen atoms in total. The largest absolute Gasteiger partial charge is 0.459 e. The molecule has 0 N–H and O–H groups in total. The first-order valence-corrected chi connectivity index (χ1v) is 11.2. The second-order valence-electron chi connectivity index (χ2n) is 8.12. The number of carbonyl (C=O) groups excluding carboxylic acids is 2. The van der Waals surface area contributed by atoms with E-state index in [4.69, 9.17) is 14.2 Å². The Bertz CT molecular complexity index is 1450. The average molecular weight is 506 g/mol. The number of halogens is 1. The molecule has 0 spiro atoms. The van der Waals surface area contributed by atoms with Crippen molar-refractivity contribution < 1.29 is 33.1 Å². The maximum atomic E-state index is 15.8. The number of pyridine rings is 1. The van der Waals surface area contributed by atoms with E-state index in [1.165, 1.54) is 29.0 Å². The SMILES string of the molecule is O=C(OC[C@H]1O[C@@H](n2cnc3c([N+](=O)[O-])ccnc32)[C@@H](F)[C@@H]1OC(=O)c1ccccc1)c1ccccc1. The minimum absolute atomic E-state index is 0.0110. The van der Waals surface area contributed by atoms with Gasteiger partial charge in [0.2, 0.25) is 0 Å². The number of fused-ring (bicyclic) bond motifs is 1. The Kier molecular flexibility index (Phi) is 6.56. The molecule has 1 aliphatic rings. The Morgan fingerprint density at radius 2 is 1.65 bits per heavy atom. The zero-order valence-corrected chi connectivity index (χ0v) is 19.0. The molecule has 5 rings (SSSR count). The highest BCUT2D eigenvalue weighted by atomic mass is 19.1. The Labute approximate surface area is 208 Å². The topological polar surface area (TPSA) is 136 Å². The van der Waals surface area contributed by atoms with E-state index in [9.17, 15) is 19.7 Å². The molecule has 0 amide bonds. The molecule has 0 bridgehead atoms. The van der Waals surface area contributed by atoms with Gasteiger partial charge < -0.3 is 14.2 Å². The van der Waals surface area contributed by atoms with E-state index >= 15 is 4.39 Å². The Hall–Kier alpha value is -4.71. The number of ether oxygens (including phenoxy) is 3. The summed E-state index contributed by atoms with van der Waals surface area (Å²) >= 11 is 0. The van der Waals surface area contributed by atoms with E-state index < -0.39 is 48.1 Å². The second-order valence-corrected chi connectivity index (χ2v) is 8.12. The fourth-order valence-corrected chi connectivity index (χ4v) is 4.03. The summed E-state index contributed by atoms with van der Waals surface area (Å²) < 4.78 is 33.7. The van der Waals surface area contributed by atoms with Gasteiger partial charge in [-0.15, -0.1) is 0 Å². The number of nitro groups is 1. The van der Waals surface area contributed by atoms with Crippen molar-refractivity contribution >= 4 is 28.8 Å². The summed E-state index contributed by atoms with van der Waals surface area (Å²) in [5.41, 5.74) is 0.127. The number of hydrogen-bond acceptors (Lipinski definition) is 9. The quantitative estimate of drug-likeness (QED) is 0.209. The van der Waals surface area contributed by atoms with Gasteiger partial charge in [-0.1, -0.05) is 36.4 Å². The number of esters is 2. The van der Waals surface area contributed by atoms with E-state index in [2.05, 4.69) is 9.97 Å². The molecule has 3 heterocycles. The van der Waals surface area contributed by atoms with E-state index in [0.29, 0.717) is 0 Å². The van der Waals surface area contributed by atoms with Gasteiger partial charge in [-0.05, 0) is 24.3 Å². The first-order chi connectivity index (χ1) is 17.9. The lowest BCUT2D eigenvalue weighted by Crippen LogP contribution is -2.37. The molecule has 12 heteroatoms. The van der Waals surface area contributed by atoms with Crippen LogP contribution in [0.5, 0.6) is 0 Å². The Morgan fingerprint density at radius 1 is 1.00 bits per heavy atom. The van der Waals surface area contributed by atoms with E-state index in [1.54, 1.807) is 48.5 Å². The molecule has 0 saturated carbocycles. The molecule has 188 valence electrons. The first-order valence-electron chi connectivity index (χ1n) is 11.2. The van der Waals surface area contributed by atoms with Crippen LogP contribution in [0.1, 0.15) is 26.9 Å². The average Bonchev–Trinajstić information content (AvgIpc) is 3.49. The van der Waals surface area contributed by atoms with Gasteiger partial charge in [-0.3, -0.25) is 14.7 Å². The number of imidazole rings is 1. The molecule has 1 fully saturated rings. The van der Waals surface area contributed by atoms with Gasteiger partial charge in [-0.2, -0.15) is 0 Å². The van der Waals surface area contributed by atoms with Gasteiger partial charge in [0.05, 0.1) is 22.4 Å². The Balaban J connectivity index is 1.43. The fourth-order valence-electron chi connectivity index (χ4n) is 4.03. The van der Waals surface area contributed by atoms with Gasteiger partial charge in [0.1, 0.15) is 12.7 Å². The smallest absolute Gasteiger partial charge is 0.338 e. The van der Waals surface area contributed by atoms with Gasteiger partial charge in [0.25, 0.3) is 5.69 Å². The van der Waals surface area contributed by atoms with Crippen LogP contribution in [0.25, 0.3) is 11.2 Å². The van der Waals surface area contributed by atoms with Crippen LogP contribution < -0.4 is 0 Å². The summed E-state index contributed by atoms with van der Waals surface area (Å²) in [5, 5.41) is 11.4. The number of rotatable bonds is 7. The van der Waals surface area contributed by atoms with E-state index in [0.717, 1.165) is 6.33 Å². The maximum absolute atomic E-state index is 15.8. The molecular weight excluding hydrogens is 487 g/mol. The highest BCUT2D eigenvalue weighted by Gasteiger charge is 2.50. The summed E-state index contributed by atoms with van der Waals surface area (Å²) in [5.74, 6) is -1.46. The molecule has 0 aliphatic carbocycles. The minimum Gasteiger partial charge on any atom is -0.459 e. The van der Waals surface area contributed by atoms with Gasteiger partial charge >= 0.3 is 11.9 Å². The highest BCUT2D eigenvalue weighted by molar-refractivity contribution is 5.90. The van der Waals surface area contributed by atoms with Gasteiger partial charge in [0.15, 0.2) is 29.7 Å². The number of benzene rings is 2. The maximum Gasteiger partial charge on any atom is 0.338 e. The Morgan fingerprint density at radius 3 is 2.30 bits per heavy atom.